The predicted octanol–water partition coefficient (Wildman–Crippen LogP) is 3.66. The van der Waals surface area contributed by atoms with Crippen LogP contribution in [0.2, 0.25) is 0 Å². The highest BCUT2D eigenvalue weighted by Crippen LogP contribution is 2.30. The fraction of sp³-hybridized carbons (Fsp3) is 0.345. The molecule has 2 aliphatic rings. The molecule has 0 radical (unpaired) electrons. The summed E-state index contributed by atoms with van der Waals surface area (Å²) < 4.78 is 59.4. The first-order valence-corrected chi connectivity index (χ1v) is 15.4. The van der Waals surface area contributed by atoms with Gasteiger partial charge in [-0.1, -0.05) is 0 Å². The van der Waals surface area contributed by atoms with E-state index in [9.17, 15) is 22.0 Å². The highest BCUT2D eigenvalue weighted by Gasteiger charge is 2.24. The Balaban J connectivity index is 1.30. The number of H-pyrrole nitrogens is 1. The Morgan fingerprint density at radius 2 is 1.72 bits per heavy atom. The van der Waals surface area contributed by atoms with Gasteiger partial charge in [0.25, 0.3) is 5.91 Å². The lowest BCUT2D eigenvalue weighted by atomic mass is 10.1. The maximum atomic E-state index is 13.8. The monoisotopic (exact) mass is 611 g/mol. The number of benzene rings is 2. The van der Waals surface area contributed by atoms with E-state index in [1.54, 1.807) is 6.07 Å². The molecule has 4 heterocycles. The lowest BCUT2D eigenvalue weighted by molar-refractivity contribution is 0.0904. The maximum Gasteiger partial charge on any atom is 0.258 e. The molecule has 2 aromatic carbocycles. The summed E-state index contributed by atoms with van der Waals surface area (Å²) in [7, 11) is -2.22. The molecule has 1 amide bonds. The molecule has 14 heteroatoms. The van der Waals surface area contributed by atoms with Crippen LogP contribution < -0.4 is 15.5 Å². The molecular weight excluding hydrogens is 580 g/mol. The number of anilines is 3. The second-order valence-corrected chi connectivity index (χ2v) is 12.7. The number of amides is 1. The zero-order chi connectivity index (χ0) is 30.1. The number of pyridine rings is 1. The Bertz CT molecular complexity index is 1750. The number of piperazine rings is 1. The van der Waals surface area contributed by atoms with E-state index in [0.717, 1.165) is 63.0 Å². The zero-order valence-electron chi connectivity index (χ0n) is 23.4. The van der Waals surface area contributed by atoms with Crippen molar-refractivity contribution in [3.05, 3.63) is 65.9 Å². The van der Waals surface area contributed by atoms with Crippen LogP contribution >= 0.6 is 0 Å². The number of aromatic amines is 1. The van der Waals surface area contributed by atoms with Crippen LogP contribution in [0, 0.1) is 11.6 Å². The number of sulfone groups is 1. The zero-order valence-corrected chi connectivity index (χ0v) is 24.3. The number of likely N-dealkylation sites (N-methyl/N-ethyl adjacent to an activating group) is 1. The molecule has 0 saturated carbocycles. The van der Waals surface area contributed by atoms with E-state index in [2.05, 4.69) is 42.7 Å². The van der Waals surface area contributed by atoms with E-state index >= 15 is 0 Å². The minimum absolute atomic E-state index is 0.0649. The largest absolute Gasteiger partial charge is 0.381 e. The molecule has 4 aromatic rings. The van der Waals surface area contributed by atoms with Gasteiger partial charge in [-0.2, -0.15) is 5.10 Å². The molecule has 6 rings (SSSR count). The van der Waals surface area contributed by atoms with Gasteiger partial charge in [0.05, 0.1) is 20.7 Å². The summed E-state index contributed by atoms with van der Waals surface area (Å²) in [4.78, 5) is 21.5. The summed E-state index contributed by atoms with van der Waals surface area (Å²) in [5.74, 6) is -2.43. The summed E-state index contributed by atoms with van der Waals surface area (Å²) in [5, 5.41) is 13.4. The number of hydrogen-bond acceptors (Lipinski definition) is 9. The van der Waals surface area contributed by atoms with E-state index in [1.807, 2.05) is 12.1 Å². The van der Waals surface area contributed by atoms with Crippen LogP contribution in [0.1, 0.15) is 23.2 Å². The van der Waals surface area contributed by atoms with Gasteiger partial charge >= 0.3 is 0 Å². The first-order chi connectivity index (χ1) is 20.7. The second kappa shape index (κ2) is 11.9. The Labute approximate surface area is 247 Å². The van der Waals surface area contributed by atoms with E-state index in [0.29, 0.717) is 30.5 Å². The van der Waals surface area contributed by atoms with Gasteiger partial charge in [-0.05, 0) is 56.3 Å². The number of ether oxygens (including phenoxy) is 1. The summed E-state index contributed by atoms with van der Waals surface area (Å²) in [6, 6.07) is 9.14. The summed E-state index contributed by atoms with van der Waals surface area (Å²) >= 11 is 0. The van der Waals surface area contributed by atoms with Crippen LogP contribution in [-0.2, 0) is 14.6 Å². The first kappa shape index (κ1) is 29.0. The average molecular weight is 612 g/mol. The number of nitrogens with zero attached hydrogens (tertiary/aromatic N) is 4. The van der Waals surface area contributed by atoms with Gasteiger partial charge < -0.3 is 25.2 Å². The van der Waals surface area contributed by atoms with Crippen molar-refractivity contribution in [2.24, 2.45) is 0 Å². The third kappa shape index (κ3) is 6.17. The number of rotatable bonds is 7. The highest BCUT2D eigenvalue weighted by molar-refractivity contribution is 7.91. The van der Waals surface area contributed by atoms with Gasteiger partial charge in [0, 0.05) is 69.1 Å². The standard InChI is InChI=1S/C29H31F2N7O4S/c1-37-6-8-38(9-7-37)21-2-3-24(26(15-21)33-20-4-10-42-11-5-20)29(39)34-28-25-16-23(17-32-27(25)35-36-28)43(40,41)22-13-18(30)12-19(31)14-22/h2-3,12-17,20,33H,4-11H2,1H3,(H2,32,34,35,36,39). The van der Waals surface area contributed by atoms with Gasteiger partial charge in [0.1, 0.15) is 11.6 Å². The van der Waals surface area contributed by atoms with E-state index < -0.39 is 32.3 Å². The quantitative estimate of drug-likeness (QED) is 0.286. The minimum atomic E-state index is -4.32. The van der Waals surface area contributed by atoms with Crippen molar-refractivity contribution in [1.82, 2.24) is 20.1 Å². The summed E-state index contributed by atoms with van der Waals surface area (Å²) in [5.41, 5.74) is 2.31. The Hall–Kier alpha value is -4.14. The lowest BCUT2D eigenvalue weighted by Gasteiger charge is -2.34. The SMILES string of the molecule is CN1CCN(c2ccc(C(=O)Nc3n[nH]c4ncc(S(=O)(=O)c5cc(F)cc(F)c5)cc34)c(NC3CCOCC3)c2)CC1. The normalized spacial score (nSPS) is 16.9. The van der Waals surface area contributed by atoms with Crippen LogP contribution in [0.3, 0.4) is 0 Å². The predicted molar refractivity (Wildman–Crippen MR) is 157 cm³/mol. The van der Waals surface area contributed by atoms with Crippen LogP contribution in [0.25, 0.3) is 11.0 Å². The van der Waals surface area contributed by atoms with Crippen molar-refractivity contribution in [3.8, 4) is 0 Å². The van der Waals surface area contributed by atoms with E-state index in [-0.39, 0.29) is 27.8 Å². The Kier molecular flexibility index (Phi) is 7.99. The third-order valence-corrected chi connectivity index (χ3v) is 9.48. The highest BCUT2D eigenvalue weighted by atomic mass is 32.2. The number of halogens is 2. The minimum Gasteiger partial charge on any atom is -0.381 e. The van der Waals surface area contributed by atoms with Crippen molar-refractivity contribution >= 4 is 44.0 Å². The average Bonchev–Trinajstić information content (AvgIpc) is 3.39. The first-order valence-electron chi connectivity index (χ1n) is 14.0. The maximum absolute atomic E-state index is 13.8. The molecule has 0 bridgehead atoms. The van der Waals surface area contributed by atoms with Crippen LogP contribution in [-0.4, -0.2) is 86.9 Å². The van der Waals surface area contributed by atoms with Crippen molar-refractivity contribution in [1.29, 1.82) is 0 Å². The number of nitrogens with one attached hydrogen (secondary N) is 3. The Morgan fingerprint density at radius 1 is 1.00 bits per heavy atom. The van der Waals surface area contributed by atoms with Gasteiger partial charge in [-0.3, -0.25) is 9.89 Å². The molecule has 43 heavy (non-hydrogen) atoms. The van der Waals surface area contributed by atoms with Crippen LogP contribution in [0.4, 0.5) is 26.0 Å². The molecule has 0 unspecified atom stereocenters. The van der Waals surface area contributed by atoms with Crippen molar-refractivity contribution in [2.75, 3.05) is 62.0 Å². The molecule has 2 fully saturated rings. The number of hydrogen-bond donors (Lipinski definition) is 3. The lowest BCUT2D eigenvalue weighted by Crippen LogP contribution is -2.44. The fourth-order valence-electron chi connectivity index (χ4n) is 5.29. The molecular formula is C29H31F2N7O4S. The molecule has 3 N–H and O–H groups in total. The molecule has 0 spiro atoms. The summed E-state index contributed by atoms with van der Waals surface area (Å²) in [6.45, 7) is 4.90. The van der Waals surface area contributed by atoms with Crippen LogP contribution in [0.5, 0.6) is 0 Å². The number of carbonyl (C=O) groups is 1. The van der Waals surface area contributed by atoms with E-state index in [4.69, 9.17) is 4.74 Å². The number of aromatic nitrogens is 3. The van der Waals surface area contributed by atoms with Crippen molar-refractivity contribution in [2.45, 2.75) is 28.7 Å². The molecule has 0 atom stereocenters. The topological polar surface area (TPSA) is 133 Å². The van der Waals surface area contributed by atoms with Gasteiger partial charge in [-0.25, -0.2) is 22.2 Å². The number of carbonyl (C=O) groups excluding carboxylic acids is 1. The summed E-state index contributed by atoms with van der Waals surface area (Å²) in [6.07, 6.45) is 2.68. The molecule has 2 saturated heterocycles. The van der Waals surface area contributed by atoms with Gasteiger partial charge in [0.2, 0.25) is 9.84 Å². The van der Waals surface area contributed by atoms with E-state index in [1.165, 1.54) is 6.07 Å². The van der Waals surface area contributed by atoms with Crippen molar-refractivity contribution < 1.29 is 26.7 Å². The molecule has 2 aliphatic heterocycles. The van der Waals surface area contributed by atoms with Gasteiger partial charge in [0.15, 0.2) is 11.5 Å². The number of fused-ring (bicyclic) bond motifs is 1. The van der Waals surface area contributed by atoms with Gasteiger partial charge in [-0.15, -0.1) is 0 Å². The Morgan fingerprint density at radius 3 is 2.44 bits per heavy atom. The second-order valence-electron chi connectivity index (χ2n) is 10.8. The smallest absolute Gasteiger partial charge is 0.258 e. The fourth-order valence-corrected chi connectivity index (χ4v) is 6.57. The molecule has 226 valence electrons. The molecule has 11 nitrogen and oxygen atoms in total. The van der Waals surface area contributed by atoms with Crippen molar-refractivity contribution in [3.63, 3.8) is 0 Å². The molecule has 0 aliphatic carbocycles. The molecule has 2 aromatic heterocycles. The van der Waals surface area contributed by atoms with Crippen LogP contribution in [0.15, 0.2) is 58.5 Å². The third-order valence-electron chi connectivity index (χ3n) is 7.78.